The first-order valence-corrected chi connectivity index (χ1v) is 16.5. The van der Waals surface area contributed by atoms with E-state index in [0.29, 0.717) is 54.1 Å². The highest BCUT2D eigenvalue weighted by molar-refractivity contribution is 5.87. The molecule has 232 valence electrons. The van der Waals surface area contributed by atoms with Gasteiger partial charge in [0.05, 0.1) is 12.7 Å². The molecule has 4 saturated carbocycles. The van der Waals surface area contributed by atoms with Crippen molar-refractivity contribution < 1.29 is 34.7 Å². The zero-order valence-electron chi connectivity index (χ0n) is 25.5. The molecule has 0 amide bonds. The van der Waals surface area contributed by atoms with Crippen LogP contribution in [0, 0.1) is 52.3 Å². The molecule has 4 N–H and O–H groups in total. The van der Waals surface area contributed by atoms with Gasteiger partial charge in [0, 0.05) is 24.6 Å². The van der Waals surface area contributed by atoms with Crippen LogP contribution in [0.2, 0.25) is 0 Å². The fourth-order valence-corrected chi connectivity index (χ4v) is 10.8. The molecule has 8 heteroatoms. The third-order valence-electron chi connectivity index (χ3n) is 13.3. The number of hydrogen-bond donors (Lipinski definition) is 4. The number of aliphatic hydroxyl groups excluding tert-OH is 4. The number of aliphatic hydroxyl groups is 4. The van der Waals surface area contributed by atoms with Crippen molar-refractivity contribution in [2.45, 2.75) is 129 Å². The Morgan fingerprint density at radius 1 is 1.00 bits per heavy atom. The Bertz CT molecular complexity index is 1020. The van der Waals surface area contributed by atoms with Gasteiger partial charge in [-0.1, -0.05) is 27.7 Å². The number of hydrogen-bond acceptors (Lipinski definition) is 8. The maximum atomic E-state index is 13.9. The first kappa shape index (κ1) is 30.1. The molecule has 8 nitrogen and oxygen atoms in total. The van der Waals surface area contributed by atoms with Gasteiger partial charge in [0.15, 0.2) is 6.29 Å². The molecular weight excluding hydrogens is 522 g/mol. The number of carbonyl (C=O) groups is 1. The van der Waals surface area contributed by atoms with Crippen molar-refractivity contribution in [3.8, 4) is 0 Å². The van der Waals surface area contributed by atoms with Crippen LogP contribution in [0.5, 0.6) is 0 Å². The van der Waals surface area contributed by atoms with Crippen LogP contribution < -0.4 is 0 Å². The van der Waals surface area contributed by atoms with E-state index in [-0.39, 0.29) is 22.9 Å². The molecule has 0 aromatic carbocycles. The molecule has 4 aliphatic carbocycles. The second-order valence-corrected chi connectivity index (χ2v) is 15.3. The SMILES string of the molecule is C[C@@H]1CCC([C@@H](C)[C@H]2CC[C@H]3[C@@H]4CC(=O)[C@H]5C[C@@H](O[C@@H]6O[C@H](CO)[C@@H](O)[C@H](O)[C@H]6O)CC[C@]5(C)[C@H]4CC[C@]23C)=NC1. The molecule has 15 atom stereocenters. The van der Waals surface area contributed by atoms with Gasteiger partial charge in [-0.2, -0.15) is 0 Å². The summed E-state index contributed by atoms with van der Waals surface area (Å²) in [6.45, 7) is 10.1. The van der Waals surface area contributed by atoms with Crippen molar-refractivity contribution in [2.24, 2.45) is 57.2 Å². The van der Waals surface area contributed by atoms with Gasteiger partial charge in [0.1, 0.15) is 30.2 Å². The van der Waals surface area contributed by atoms with E-state index in [4.69, 9.17) is 14.5 Å². The van der Waals surface area contributed by atoms with E-state index >= 15 is 0 Å². The summed E-state index contributed by atoms with van der Waals surface area (Å²) in [6, 6.07) is 0. The minimum absolute atomic E-state index is 0.0517. The Kier molecular flexibility index (Phi) is 8.25. The number of ketones is 1. The Labute approximate surface area is 245 Å². The molecule has 1 saturated heterocycles. The lowest BCUT2D eigenvalue weighted by atomic mass is 9.44. The van der Waals surface area contributed by atoms with Crippen molar-refractivity contribution in [2.75, 3.05) is 13.2 Å². The maximum Gasteiger partial charge on any atom is 0.186 e. The largest absolute Gasteiger partial charge is 0.394 e. The Morgan fingerprint density at radius 2 is 1.73 bits per heavy atom. The molecule has 0 unspecified atom stereocenters. The molecule has 41 heavy (non-hydrogen) atoms. The molecule has 2 aliphatic heterocycles. The third-order valence-corrected chi connectivity index (χ3v) is 13.3. The van der Waals surface area contributed by atoms with Crippen molar-refractivity contribution in [3.05, 3.63) is 0 Å². The smallest absolute Gasteiger partial charge is 0.186 e. The molecule has 6 rings (SSSR count). The van der Waals surface area contributed by atoms with E-state index in [1.807, 2.05) is 0 Å². The van der Waals surface area contributed by atoms with E-state index in [2.05, 4.69) is 27.7 Å². The van der Waals surface area contributed by atoms with Gasteiger partial charge >= 0.3 is 0 Å². The van der Waals surface area contributed by atoms with Crippen LogP contribution in [0.1, 0.15) is 91.9 Å². The highest BCUT2D eigenvalue weighted by atomic mass is 16.7. The minimum atomic E-state index is -1.46. The number of nitrogens with zero attached hydrogens (tertiary/aromatic N) is 1. The van der Waals surface area contributed by atoms with Crippen LogP contribution in [0.4, 0.5) is 0 Å². The summed E-state index contributed by atoms with van der Waals surface area (Å²) < 4.78 is 11.8. The van der Waals surface area contributed by atoms with E-state index in [9.17, 15) is 25.2 Å². The normalized spacial score (nSPS) is 52.7. The Hall–Kier alpha value is -0.900. The molecule has 5 fully saturated rings. The molecular formula is C33H53NO7. The monoisotopic (exact) mass is 575 g/mol. The number of fused-ring (bicyclic) bond motifs is 5. The fourth-order valence-electron chi connectivity index (χ4n) is 10.8. The van der Waals surface area contributed by atoms with Gasteiger partial charge in [-0.15, -0.1) is 0 Å². The summed E-state index contributed by atoms with van der Waals surface area (Å²) in [4.78, 5) is 18.9. The molecule has 0 bridgehead atoms. The second kappa shape index (κ2) is 11.2. The average molecular weight is 576 g/mol. The Balaban J connectivity index is 1.14. The maximum absolute atomic E-state index is 13.9. The molecule has 0 spiro atoms. The highest BCUT2D eigenvalue weighted by Gasteiger charge is 2.63. The lowest BCUT2D eigenvalue weighted by Gasteiger charge is -2.60. The van der Waals surface area contributed by atoms with Crippen LogP contribution in [-0.2, 0) is 14.3 Å². The van der Waals surface area contributed by atoms with Gasteiger partial charge in [-0.05, 0) is 104 Å². The number of carbonyl (C=O) groups excluding carboxylic acids is 1. The topological polar surface area (TPSA) is 129 Å². The quantitative estimate of drug-likeness (QED) is 0.369. The van der Waals surface area contributed by atoms with E-state index in [1.165, 1.54) is 37.8 Å². The lowest BCUT2D eigenvalue weighted by molar-refractivity contribution is -0.315. The zero-order chi connectivity index (χ0) is 29.3. The van der Waals surface area contributed by atoms with Gasteiger partial charge in [-0.25, -0.2) is 0 Å². The summed E-state index contributed by atoms with van der Waals surface area (Å²) in [5.74, 6) is 3.77. The standard InChI is InChI=1S/C33H53NO7/c1-17-5-8-25(34-15-17)18(2)21-6-7-22-20-14-26(36)24-13-19(9-11-33(24,4)23(20)10-12-32(21,22)3)40-31-30(39)29(38)28(37)27(16-35)41-31/h17-24,27-31,35,37-39H,5-16H2,1-4H3/t17-,18+,19+,20+,21-,22+,23+,24-,27-,28-,29+,30-,31-,32-,33-/m1/s1. The summed E-state index contributed by atoms with van der Waals surface area (Å²) in [5, 5.41) is 40.4. The lowest BCUT2D eigenvalue weighted by Crippen LogP contribution is -2.61. The number of rotatable bonds is 5. The van der Waals surface area contributed by atoms with Gasteiger partial charge in [0.2, 0.25) is 0 Å². The average Bonchev–Trinajstić information content (AvgIpc) is 3.31. The number of Topliss-reactive ketones (excluding diaryl/α,β-unsaturated/α-hetero) is 1. The van der Waals surface area contributed by atoms with E-state index < -0.39 is 37.3 Å². The van der Waals surface area contributed by atoms with Gasteiger partial charge in [0.25, 0.3) is 0 Å². The summed E-state index contributed by atoms with van der Waals surface area (Å²) in [7, 11) is 0. The van der Waals surface area contributed by atoms with E-state index in [0.717, 1.165) is 25.8 Å². The summed E-state index contributed by atoms with van der Waals surface area (Å²) in [6.07, 6.45) is 3.53. The first-order valence-electron chi connectivity index (χ1n) is 16.5. The van der Waals surface area contributed by atoms with Gasteiger partial charge in [-0.3, -0.25) is 9.79 Å². The van der Waals surface area contributed by atoms with Crippen molar-refractivity contribution in [3.63, 3.8) is 0 Å². The highest BCUT2D eigenvalue weighted by Crippen LogP contribution is 2.68. The summed E-state index contributed by atoms with van der Waals surface area (Å²) in [5.41, 5.74) is 1.67. The third kappa shape index (κ3) is 4.97. The fraction of sp³-hybridized carbons (Fsp3) is 0.939. The molecule has 0 aromatic rings. The van der Waals surface area contributed by atoms with Crippen LogP contribution in [-0.4, -0.2) is 81.9 Å². The molecule has 0 radical (unpaired) electrons. The second-order valence-electron chi connectivity index (χ2n) is 15.3. The van der Waals surface area contributed by atoms with Crippen LogP contribution in [0.3, 0.4) is 0 Å². The minimum Gasteiger partial charge on any atom is -0.394 e. The number of aliphatic imine (C=N–C) groups is 1. The Morgan fingerprint density at radius 3 is 2.44 bits per heavy atom. The van der Waals surface area contributed by atoms with Crippen LogP contribution in [0.15, 0.2) is 4.99 Å². The van der Waals surface area contributed by atoms with E-state index in [1.54, 1.807) is 0 Å². The van der Waals surface area contributed by atoms with Crippen molar-refractivity contribution in [1.29, 1.82) is 0 Å². The van der Waals surface area contributed by atoms with Crippen molar-refractivity contribution in [1.82, 2.24) is 0 Å². The number of ether oxygens (including phenoxy) is 2. The predicted octanol–water partition coefficient (Wildman–Crippen LogP) is 3.52. The summed E-state index contributed by atoms with van der Waals surface area (Å²) >= 11 is 0. The first-order chi connectivity index (χ1) is 19.5. The zero-order valence-corrected chi connectivity index (χ0v) is 25.5. The van der Waals surface area contributed by atoms with Gasteiger partial charge < -0.3 is 29.9 Å². The van der Waals surface area contributed by atoms with Crippen LogP contribution in [0.25, 0.3) is 0 Å². The predicted molar refractivity (Wildman–Crippen MR) is 154 cm³/mol. The molecule has 0 aromatic heterocycles. The van der Waals surface area contributed by atoms with Crippen LogP contribution >= 0.6 is 0 Å². The van der Waals surface area contributed by atoms with Crippen molar-refractivity contribution >= 4 is 11.5 Å². The molecule has 6 aliphatic rings. The molecule has 2 heterocycles.